The minimum absolute atomic E-state index is 0.0319. The van der Waals surface area contributed by atoms with Crippen molar-refractivity contribution < 1.29 is 5.48 Å². The predicted molar refractivity (Wildman–Crippen MR) is 108 cm³/mol. The van der Waals surface area contributed by atoms with Gasteiger partial charge in [0.25, 0.3) is 0 Å². The number of hydrogen-bond acceptors (Lipinski definition) is 1. The van der Waals surface area contributed by atoms with E-state index >= 15 is 0 Å². The smallest absolute Gasteiger partial charge is 0.0629 e. The highest BCUT2D eigenvalue weighted by Gasteiger charge is 2.23. The zero-order chi connectivity index (χ0) is 20.4. The summed E-state index contributed by atoms with van der Waals surface area (Å²) in [7, 11) is 0. The molecule has 0 nitrogen and oxygen atoms in total. The molecular weight excluding hydrogens is 308 g/mol. The Balaban J connectivity index is 2.19. The van der Waals surface area contributed by atoms with Crippen molar-refractivity contribution in [1.82, 2.24) is 0 Å². The normalized spacial score (nSPS) is 14.5. The molecule has 0 amide bonds. The van der Waals surface area contributed by atoms with Crippen LogP contribution in [-0.4, -0.2) is 0 Å². The minimum Gasteiger partial charge on any atom is -0.135 e. The summed E-state index contributed by atoms with van der Waals surface area (Å²) in [5.41, 5.74) is 2.44. The lowest BCUT2D eigenvalue weighted by molar-refractivity contribution is 0.598. The number of hydrogen-bond donors (Lipinski definition) is 0. The van der Waals surface area contributed by atoms with E-state index in [0.717, 1.165) is 15.8 Å². The molecule has 0 atom stereocenters. The second-order valence-electron chi connectivity index (χ2n) is 7.21. The second-order valence-corrected chi connectivity index (χ2v) is 8.27. The Morgan fingerprint density at radius 3 is 2.29 bits per heavy atom. The van der Waals surface area contributed by atoms with Gasteiger partial charge in [0, 0.05) is 20.2 Å². The third-order valence-corrected chi connectivity index (χ3v) is 5.52. The van der Waals surface area contributed by atoms with Crippen LogP contribution >= 0.6 is 11.3 Å². The van der Waals surface area contributed by atoms with Crippen LogP contribution in [0.2, 0.25) is 0 Å². The molecule has 0 aliphatic rings. The lowest BCUT2D eigenvalue weighted by Gasteiger charge is -2.24. The van der Waals surface area contributed by atoms with Crippen molar-refractivity contribution in [3.63, 3.8) is 0 Å². The molecule has 0 saturated heterocycles. The SMILES string of the molecule is [2H]c1c([2H])c(-c2ccc3c(sc4ccccc43)c2C(C)(C)C)c([2H])c([2H])c1C. The van der Waals surface area contributed by atoms with Gasteiger partial charge in [-0.2, -0.15) is 0 Å². The van der Waals surface area contributed by atoms with Gasteiger partial charge in [-0.05, 0) is 35.1 Å². The maximum Gasteiger partial charge on any atom is 0.0629 e. The number of fused-ring (bicyclic) bond motifs is 3. The van der Waals surface area contributed by atoms with Crippen LogP contribution in [0.25, 0.3) is 31.3 Å². The molecule has 1 heterocycles. The van der Waals surface area contributed by atoms with E-state index in [-0.39, 0.29) is 29.6 Å². The summed E-state index contributed by atoms with van der Waals surface area (Å²) in [6.07, 6.45) is 0. The minimum atomic E-state index is -0.218. The third-order valence-electron chi connectivity index (χ3n) is 4.32. The van der Waals surface area contributed by atoms with Crippen LogP contribution in [0.3, 0.4) is 0 Å². The molecule has 0 N–H and O–H groups in total. The van der Waals surface area contributed by atoms with Crippen LogP contribution in [0.4, 0.5) is 0 Å². The van der Waals surface area contributed by atoms with Crippen molar-refractivity contribution in [3.05, 3.63) is 71.7 Å². The van der Waals surface area contributed by atoms with Gasteiger partial charge in [0.05, 0.1) is 5.48 Å². The van der Waals surface area contributed by atoms with E-state index in [9.17, 15) is 0 Å². The summed E-state index contributed by atoms with van der Waals surface area (Å²) < 4.78 is 36.0. The number of benzene rings is 3. The van der Waals surface area contributed by atoms with Gasteiger partial charge in [0.15, 0.2) is 0 Å². The molecule has 4 rings (SSSR count). The molecule has 4 aromatic rings. The quantitative estimate of drug-likeness (QED) is 0.342. The molecule has 0 unspecified atom stereocenters. The Kier molecular flexibility index (Phi) is 2.60. The van der Waals surface area contributed by atoms with E-state index in [0.29, 0.717) is 11.1 Å². The highest BCUT2D eigenvalue weighted by Crippen LogP contribution is 2.44. The first kappa shape index (κ1) is 11.4. The molecule has 3 aromatic carbocycles. The van der Waals surface area contributed by atoms with Crippen molar-refractivity contribution in [2.45, 2.75) is 33.1 Å². The van der Waals surface area contributed by atoms with E-state index < -0.39 is 0 Å². The van der Waals surface area contributed by atoms with Gasteiger partial charge in [-0.25, -0.2) is 0 Å². The van der Waals surface area contributed by atoms with Gasteiger partial charge in [-0.3, -0.25) is 0 Å². The van der Waals surface area contributed by atoms with Crippen LogP contribution in [0.5, 0.6) is 0 Å². The summed E-state index contributed by atoms with van der Waals surface area (Å²) >= 11 is 1.73. The van der Waals surface area contributed by atoms with Crippen molar-refractivity contribution in [1.29, 1.82) is 0 Å². The first-order valence-corrected chi connectivity index (χ1v) is 8.96. The van der Waals surface area contributed by atoms with Gasteiger partial charge in [-0.15, -0.1) is 11.3 Å². The van der Waals surface area contributed by atoms with Crippen molar-refractivity contribution in [2.75, 3.05) is 0 Å². The summed E-state index contributed by atoms with van der Waals surface area (Å²) in [5, 5.41) is 2.39. The molecule has 24 heavy (non-hydrogen) atoms. The Hall–Kier alpha value is -2.12. The molecule has 1 heteroatoms. The summed E-state index contributed by atoms with van der Waals surface area (Å²) in [6.45, 7) is 8.06. The Labute approximate surface area is 153 Å². The second kappa shape index (κ2) is 5.46. The molecular formula is C23H22S. The molecule has 0 aliphatic carbocycles. The molecule has 1 aromatic heterocycles. The fraction of sp³-hybridized carbons (Fsp3) is 0.217. The zero-order valence-electron chi connectivity index (χ0n) is 18.4. The van der Waals surface area contributed by atoms with E-state index in [1.54, 1.807) is 18.3 Å². The van der Waals surface area contributed by atoms with Gasteiger partial charge >= 0.3 is 0 Å². The van der Waals surface area contributed by atoms with Gasteiger partial charge in [0.2, 0.25) is 0 Å². The largest absolute Gasteiger partial charge is 0.135 e. The molecule has 0 aliphatic heterocycles. The lowest BCUT2D eigenvalue weighted by Crippen LogP contribution is -2.13. The topological polar surface area (TPSA) is 0 Å². The fourth-order valence-electron chi connectivity index (χ4n) is 3.25. The fourth-order valence-corrected chi connectivity index (χ4v) is 4.71. The van der Waals surface area contributed by atoms with Crippen LogP contribution in [0, 0.1) is 6.92 Å². The van der Waals surface area contributed by atoms with E-state index in [4.69, 9.17) is 5.48 Å². The molecule has 0 spiro atoms. The maximum atomic E-state index is 8.54. The van der Waals surface area contributed by atoms with Gasteiger partial charge < -0.3 is 0 Å². The summed E-state index contributed by atoms with van der Waals surface area (Å²) in [6, 6.07) is 12.5. The summed E-state index contributed by atoms with van der Waals surface area (Å²) in [4.78, 5) is 0. The van der Waals surface area contributed by atoms with Crippen LogP contribution in [0.15, 0.2) is 60.6 Å². The standard InChI is InChI=1S/C23H22S/c1-15-9-11-16(12-10-15)17-13-14-19-18-7-5-6-8-20(18)24-22(19)21(17)23(2,3)4/h5-14H,1-4H3/i9D,10D,11D,12D. The molecule has 0 bridgehead atoms. The van der Waals surface area contributed by atoms with Crippen LogP contribution in [-0.2, 0) is 5.41 Å². The molecule has 120 valence electrons. The Morgan fingerprint density at radius 1 is 0.875 bits per heavy atom. The third kappa shape index (κ3) is 2.44. The van der Waals surface area contributed by atoms with Crippen molar-refractivity contribution in [3.8, 4) is 11.1 Å². The van der Waals surface area contributed by atoms with Crippen LogP contribution < -0.4 is 0 Å². The van der Waals surface area contributed by atoms with Crippen molar-refractivity contribution in [2.24, 2.45) is 0 Å². The summed E-state index contributed by atoms with van der Waals surface area (Å²) in [5.74, 6) is 0. The molecule has 0 fully saturated rings. The predicted octanol–water partition coefficient (Wildman–Crippen LogP) is 7.33. The maximum absolute atomic E-state index is 8.54. The van der Waals surface area contributed by atoms with E-state index in [1.165, 1.54) is 15.5 Å². The lowest BCUT2D eigenvalue weighted by atomic mass is 9.81. The monoisotopic (exact) mass is 334 g/mol. The molecule has 0 saturated carbocycles. The number of thiophene rings is 1. The zero-order valence-corrected chi connectivity index (χ0v) is 15.2. The highest BCUT2D eigenvalue weighted by molar-refractivity contribution is 7.26. The van der Waals surface area contributed by atoms with Crippen molar-refractivity contribution >= 4 is 31.5 Å². The van der Waals surface area contributed by atoms with E-state index in [2.05, 4.69) is 39.0 Å². The van der Waals surface area contributed by atoms with Gasteiger partial charge in [-0.1, -0.05) is 80.8 Å². The van der Waals surface area contributed by atoms with Crippen LogP contribution in [0.1, 0.15) is 37.4 Å². The Morgan fingerprint density at radius 2 is 1.58 bits per heavy atom. The number of rotatable bonds is 1. The first-order valence-electron chi connectivity index (χ1n) is 10.1. The average molecular weight is 335 g/mol. The van der Waals surface area contributed by atoms with E-state index in [1.807, 2.05) is 18.2 Å². The van der Waals surface area contributed by atoms with Gasteiger partial charge in [0.1, 0.15) is 0 Å². The first-order chi connectivity index (χ1) is 13.1. The average Bonchev–Trinajstić information content (AvgIpc) is 3.02. The highest BCUT2D eigenvalue weighted by atomic mass is 32.1. The Bertz CT molecular complexity index is 1220. The molecule has 0 radical (unpaired) electrons.